The predicted molar refractivity (Wildman–Crippen MR) is 234 cm³/mol. The second-order valence-electron chi connectivity index (χ2n) is 13.9. The van der Waals surface area contributed by atoms with Crippen LogP contribution >= 0.6 is 0 Å². The number of aromatic nitrogens is 6. The molecule has 10 aromatic rings. The van der Waals surface area contributed by atoms with Crippen molar-refractivity contribution in [3.8, 4) is 90.6 Å². The molecule has 0 aliphatic rings. The van der Waals surface area contributed by atoms with Gasteiger partial charge >= 0.3 is 0 Å². The summed E-state index contributed by atoms with van der Waals surface area (Å²) < 4.78 is 0. The minimum atomic E-state index is 0.521. The molecule has 0 atom stereocenters. The molecule has 0 fully saturated rings. The maximum absolute atomic E-state index is 5.24. The number of hydrogen-bond acceptors (Lipinski definition) is 6. The van der Waals surface area contributed by atoms with Crippen LogP contribution in [-0.4, -0.2) is 29.9 Å². The molecule has 0 radical (unpaired) electrons. The maximum atomic E-state index is 5.24. The summed E-state index contributed by atoms with van der Waals surface area (Å²) in [6.45, 7) is 0. The highest BCUT2D eigenvalue weighted by molar-refractivity contribution is 6.02. The Morgan fingerprint density at radius 1 is 0.207 bits per heavy atom. The summed E-state index contributed by atoms with van der Waals surface area (Å²) in [5, 5.41) is 2.02. The zero-order valence-electron chi connectivity index (χ0n) is 31.3. The van der Waals surface area contributed by atoms with E-state index in [9.17, 15) is 0 Å². The van der Waals surface area contributed by atoms with E-state index < -0.39 is 0 Å². The first kappa shape index (κ1) is 34.5. The largest absolute Gasteiger partial charge is 0.208 e. The van der Waals surface area contributed by atoms with E-state index in [-0.39, 0.29) is 0 Å². The molecule has 10 rings (SSSR count). The number of benzene rings is 8. The standard InChI is InChI=1S/C52H34N6/c1-5-15-35(16-6-1)37-25-29-42(30-26-37)49-53-47(40-20-9-3-10-21-40)55-51(56-49)45-34-33-39-19-13-14-24-44(39)46(45)52-57-48(41-22-11-4-12-23-41)54-50(58-52)43-31-27-38(28-32-43)36-17-7-2-8-18-36/h1-34H. The highest BCUT2D eigenvalue weighted by atomic mass is 15.1. The average Bonchev–Trinajstić information content (AvgIpc) is 3.32. The van der Waals surface area contributed by atoms with E-state index in [2.05, 4.69) is 121 Å². The van der Waals surface area contributed by atoms with Gasteiger partial charge in [-0.3, -0.25) is 0 Å². The molecule has 0 bridgehead atoms. The Labute approximate surface area is 336 Å². The molecule has 0 spiro atoms. The lowest BCUT2D eigenvalue weighted by Gasteiger charge is -2.15. The van der Waals surface area contributed by atoms with Crippen LogP contribution in [0.5, 0.6) is 0 Å². The monoisotopic (exact) mass is 742 g/mol. The summed E-state index contributed by atoms with van der Waals surface area (Å²) in [5.41, 5.74) is 9.69. The van der Waals surface area contributed by atoms with Crippen LogP contribution in [0.3, 0.4) is 0 Å². The predicted octanol–water partition coefficient (Wildman–Crippen LogP) is 12.5. The molecule has 0 aliphatic heterocycles. The first-order valence-corrected chi connectivity index (χ1v) is 19.2. The summed E-state index contributed by atoms with van der Waals surface area (Å²) >= 11 is 0. The quantitative estimate of drug-likeness (QED) is 0.154. The van der Waals surface area contributed by atoms with Crippen molar-refractivity contribution < 1.29 is 0 Å². The van der Waals surface area contributed by atoms with E-state index in [0.717, 1.165) is 66.4 Å². The van der Waals surface area contributed by atoms with Crippen molar-refractivity contribution in [1.82, 2.24) is 29.9 Å². The zero-order valence-corrected chi connectivity index (χ0v) is 31.3. The molecule has 0 unspecified atom stereocenters. The molecular weight excluding hydrogens is 709 g/mol. The fourth-order valence-electron chi connectivity index (χ4n) is 7.26. The van der Waals surface area contributed by atoms with Gasteiger partial charge < -0.3 is 0 Å². The zero-order chi connectivity index (χ0) is 38.7. The van der Waals surface area contributed by atoms with E-state index >= 15 is 0 Å². The lowest BCUT2D eigenvalue weighted by molar-refractivity contribution is 1.06. The van der Waals surface area contributed by atoms with Gasteiger partial charge in [-0.15, -0.1) is 0 Å². The average molecular weight is 743 g/mol. The molecule has 6 nitrogen and oxygen atoms in total. The summed E-state index contributed by atoms with van der Waals surface area (Å²) in [7, 11) is 0. The van der Waals surface area contributed by atoms with Gasteiger partial charge in [0.05, 0.1) is 0 Å². The van der Waals surface area contributed by atoms with Crippen molar-refractivity contribution >= 4 is 10.8 Å². The van der Waals surface area contributed by atoms with Gasteiger partial charge in [-0.25, -0.2) is 29.9 Å². The smallest absolute Gasteiger partial charge is 0.165 e. The molecule has 8 aromatic carbocycles. The van der Waals surface area contributed by atoms with Gasteiger partial charge in [0.15, 0.2) is 34.9 Å². The van der Waals surface area contributed by atoms with Gasteiger partial charge in [-0.1, -0.05) is 200 Å². The molecule has 272 valence electrons. The van der Waals surface area contributed by atoms with Crippen molar-refractivity contribution in [2.75, 3.05) is 0 Å². The van der Waals surface area contributed by atoms with Crippen LogP contribution in [0.15, 0.2) is 206 Å². The molecule has 0 saturated heterocycles. The number of rotatable bonds is 8. The van der Waals surface area contributed by atoms with Crippen LogP contribution in [0, 0.1) is 0 Å². The fourth-order valence-corrected chi connectivity index (χ4v) is 7.26. The highest BCUT2D eigenvalue weighted by Crippen LogP contribution is 2.38. The highest BCUT2D eigenvalue weighted by Gasteiger charge is 2.22. The Bertz CT molecular complexity index is 3010. The topological polar surface area (TPSA) is 77.3 Å². The van der Waals surface area contributed by atoms with Crippen LogP contribution in [0.4, 0.5) is 0 Å². The third kappa shape index (κ3) is 6.91. The first-order valence-electron chi connectivity index (χ1n) is 19.2. The normalized spacial score (nSPS) is 11.1. The van der Waals surface area contributed by atoms with Gasteiger partial charge in [0.1, 0.15) is 0 Å². The molecule has 0 aliphatic carbocycles. The maximum Gasteiger partial charge on any atom is 0.165 e. The van der Waals surface area contributed by atoms with Crippen LogP contribution < -0.4 is 0 Å². The summed E-state index contributed by atoms with van der Waals surface area (Å²) in [6, 6.07) is 70.0. The van der Waals surface area contributed by atoms with Gasteiger partial charge in [-0.2, -0.15) is 0 Å². The summed E-state index contributed by atoms with van der Waals surface area (Å²) in [5.74, 6) is 3.34. The van der Waals surface area contributed by atoms with Crippen molar-refractivity contribution in [3.63, 3.8) is 0 Å². The Kier molecular flexibility index (Phi) is 9.10. The van der Waals surface area contributed by atoms with E-state index in [4.69, 9.17) is 29.9 Å². The van der Waals surface area contributed by atoms with Crippen molar-refractivity contribution in [2.45, 2.75) is 0 Å². The van der Waals surface area contributed by atoms with Crippen molar-refractivity contribution in [1.29, 1.82) is 0 Å². The second-order valence-corrected chi connectivity index (χ2v) is 13.9. The van der Waals surface area contributed by atoms with Gasteiger partial charge in [0.2, 0.25) is 0 Å². The minimum Gasteiger partial charge on any atom is -0.208 e. The third-order valence-electron chi connectivity index (χ3n) is 10.2. The van der Waals surface area contributed by atoms with Gasteiger partial charge in [0.25, 0.3) is 0 Å². The Hall–Kier alpha value is -7.96. The third-order valence-corrected chi connectivity index (χ3v) is 10.2. The number of fused-ring (bicyclic) bond motifs is 1. The Balaban J connectivity index is 1.18. The first-order chi connectivity index (χ1) is 28.7. The van der Waals surface area contributed by atoms with Crippen LogP contribution in [0.1, 0.15) is 0 Å². The van der Waals surface area contributed by atoms with E-state index in [1.807, 2.05) is 84.9 Å². The second kappa shape index (κ2) is 15.3. The molecular formula is C52H34N6. The molecule has 0 N–H and O–H groups in total. The molecule has 6 heteroatoms. The molecule has 0 saturated carbocycles. The number of hydrogen-bond donors (Lipinski definition) is 0. The SMILES string of the molecule is c1ccc(-c2ccc(-c3nc(-c4ccccc4)nc(-c4ccc5ccccc5c4-c4nc(-c5ccccc5)nc(-c5ccc(-c6ccccc6)cc5)n4)n3)cc2)cc1. The van der Waals surface area contributed by atoms with Gasteiger partial charge in [0, 0.05) is 33.4 Å². The Morgan fingerprint density at radius 3 is 0.966 bits per heavy atom. The van der Waals surface area contributed by atoms with Gasteiger partial charge in [-0.05, 0) is 39.1 Å². The van der Waals surface area contributed by atoms with E-state index in [0.29, 0.717) is 34.9 Å². The van der Waals surface area contributed by atoms with Crippen molar-refractivity contribution in [2.24, 2.45) is 0 Å². The lowest BCUT2D eigenvalue weighted by Crippen LogP contribution is -2.04. The van der Waals surface area contributed by atoms with Crippen LogP contribution in [0.25, 0.3) is 101 Å². The molecule has 58 heavy (non-hydrogen) atoms. The molecule has 0 amide bonds. The molecule has 2 aromatic heterocycles. The van der Waals surface area contributed by atoms with E-state index in [1.54, 1.807) is 0 Å². The van der Waals surface area contributed by atoms with Crippen LogP contribution in [0.2, 0.25) is 0 Å². The molecule has 2 heterocycles. The van der Waals surface area contributed by atoms with Crippen LogP contribution in [-0.2, 0) is 0 Å². The minimum absolute atomic E-state index is 0.521. The lowest BCUT2D eigenvalue weighted by atomic mass is 9.97. The summed E-state index contributed by atoms with van der Waals surface area (Å²) in [6.07, 6.45) is 0. The van der Waals surface area contributed by atoms with E-state index in [1.165, 1.54) is 0 Å². The fraction of sp³-hybridized carbons (Fsp3) is 0. The Morgan fingerprint density at radius 2 is 0.517 bits per heavy atom. The summed E-state index contributed by atoms with van der Waals surface area (Å²) in [4.78, 5) is 30.9. The number of nitrogens with zero attached hydrogens (tertiary/aromatic N) is 6. The van der Waals surface area contributed by atoms with Crippen molar-refractivity contribution in [3.05, 3.63) is 206 Å².